The molecule has 0 atom stereocenters. The van der Waals surface area contributed by atoms with E-state index in [2.05, 4.69) is 4.99 Å². The van der Waals surface area contributed by atoms with Gasteiger partial charge in [0.05, 0.1) is 5.69 Å². The van der Waals surface area contributed by atoms with Crippen LogP contribution >= 0.6 is 0 Å². The topological polar surface area (TPSA) is 38.4 Å². The molecule has 0 spiro atoms. The number of benzene rings is 1. The molecule has 0 saturated carbocycles. The first-order valence-electron chi connectivity index (χ1n) is 3.80. The van der Waals surface area contributed by atoms with Crippen molar-refractivity contribution in [2.45, 2.75) is 0 Å². The van der Waals surface area contributed by atoms with Crippen molar-refractivity contribution >= 4 is 19.7 Å². The average Bonchev–Trinajstić information content (AvgIpc) is 2.16. The molecule has 2 nitrogen and oxygen atoms in total. The standard InChI is InChI=1S/C9H11BN2/c10-8(6-11)7-12-9-4-2-1-3-5-9/h1-7H,10-11H2/b8-6-,12-7+. The Labute approximate surface area is 73.2 Å². The van der Waals surface area contributed by atoms with E-state index in [1.807, 2.05) is 38.2 Å². The van der Waals surface area contributed by atoms with E-state index in [1.54, 1.807) is 6.21 Å². The molecule has 3 heteroatoms. The zero-order valence-electron chi connectivity index (χ0n) is 7.07. The normalized spacial score (nSPS) is 12.2. The molecule has 1 aromatic carbocycles. The van der Waals surface area contributed by atoms with Crippen molar-refractivity contribution in [3.05, 3.63) is 42.0 Å². The highest BCUT2D eigenvalue weighted by atomic mass is 14.7. The molecule has 1 rings (SSSR count). The van der Waals surface area contributed by atoms with Gasteiger partial charge in [0.15, 0.2) is 0 Å². The van der Waals surface area contributed by atoms with Gasteiger partial charge in [-0.05, 0) is 18.3 Å². The van der Waals surface area contributed by atoms with E-state index in [0.29, 0.717) is 0 Å². The molecule has 0 unspecified atom stereocenters. The lowest BCUT2D eigenvalue weighted by Gasteiger charge is -1.91. The van der Waals surface area contributed by atoms with E-state index in [9.17, 15) is 0 Å². The first-order chi connectivity index (χ1) is 5.83. The second-order valence-corrected chi connectivity index (χ2v) is 2.50. The molecule has 0 heterocycles. The molecule has 0 amide bonds. The number of rotatable bonds is 2. The van der Waals surface area contributed by atoms with Gasteiger partial charge in [-0.3, -0.25) is 4.99 Å². The Morgan fingerprint density at radius 3 is 2.58 bits per heavy atom. The second kappa shape index (κ2) is 4.39. The van der Waals surface area contributed by atoms with Gasteiger partial charge in [0.25, 0.3) is 0 Å². The Hall–Kier alpha value is -1.51. The number of nitrogens with two attached hydrogens (primary N) is 1. The minimum atomic E-state index is 0.943. The molecule has 0 bridgehead atoms. The quantitative estimate of drug-likeness (QED) is 0.502. The predicted octanol–water partition coefficient (Wildman–Crippen LogP) is 0.822. The second-order valence-electron chi connectivity index (χ2n) is 2.50. The highest BCUT2D eigenvalue weighted by molar-refractivity contribution is 6.32. The zero-order chi connectivity index (χ0) is 8.81. The van der Waals surface area contributed by atoms with Gasteiger partial charge in [-0.15, -0.1) is 0 Å². The smallest absolute Gasteiger partial charge is 0.143 e. The first-order valence-corrected chi connectivity index (χ1v) is 3.80. The Kier molecular flexibility index (Phi) is 3.14. The van der Waals surface area contributed by atoms with Crippen molar-refractivity contribution in [2.75, 3.05) is 0 Å². The number of aliphatic imine (C=N–C) groups is 1. The van der Waals surface area contributed by atoms with Gasteiger partial charge in [0, 0.05) is 6.21 Å². The van der Waals surface area contributed by atoms with E-state index in [0.717, 1.165) is 11.2 Å². The highest BCUT2D eigenvalue weighted by Crippen LogP contribution is 2.08. The van der Waals surface area contributed by atoms with Crippen molar-refractivity contribution in [1.29, 1.82) is 0 Å². The first kappa shape index (κ1) is 8.59. The van der Waals surface area contributed by atoms with Crippen LogP contribution in [0.1, 0.15) is 0 Å². The van der Waals surface area contributed by atoms with E-state index >= 15 is 0 Å². The number of hydrogen-bond donors (Lipinski definition) is 1. The van der Waals surface area contributed by atoms with E-state index < -0.39 is 0 Å². The number of allylic oxidation sites excluding steroid dienone is 1. The lowest BCUT2D eigenvalue weighted by Crippen LogP contribution is -1.88. The minimum absolute atomic E-state index is 0.943. The van der Waals surface area contributed by atoms with Crippen molar-refractivity contribution in [3.8, 4) is 0 Å². The summed E-state index contributed by atoms with van der Waals surface area (Å²) in [6.45, 7) is 0. The summed E-state index contributed by atoms with van der Waals surface area (Å²) in [4.78, 5) is 4.20. The summed E-state index contributed by atoms with van der Waals surface area (Å²) in [5.74, 6) is 0. The lowest BCUT2D eigenvalue weighted by atomic mass is 9.99. The van der Waals surface area contributed by atoms with Crippen molar-refractivity contribution in [3.63, 3.8) is 0 Å². The summed E-state index contributed by atoms with van der Waals surface area (Å²) < 4.78 is 0. The van der Waals surface area contributed by atoms with E-state index in [4.69, 9.17) is 5.73 Å². The molecule has 0 radical (unpaired) electrons. The molecular formula is C9H11BN2. The van der Waals surface area contributed by atoms with Crippen molar-refractivity contribution in [1.82, 2.24) is 0 Å². The molecule has 0 fully saturated rings. The van der Waals surface area contributed by atoms with Crippen molar-refractivity contribution < 1.29 is 0 Å². The van der Waals surface area contributed by atoms with Crippen LogP contribution in [-0.2, 0) is 0 Å². The van der Waals surface area contributed by atoms with Gasteiger partial charge in [-0.1, -0.05) is 23.7 Å². The van der Waals surface area contributed by atoms with Gasteiger partial charge < -0.3 is 5.73 Å². The van der Waals surface area contributed by atoms with Gasteiger partial charge in [0.2, 0.25) is 0 Å². The highest BCUT2D eigenvalue weighted by Gasteiger charge is 1.83. The SMILES string of the molecule is BC(/C=N/c1ccccc1)=C\N. The number of nitrogens with zero attached hydrogens (tertiary/aromatic N) is 1. The lowest BCUT2D eigenvalue weighted by molar-refractivity contribution is 1.53. The summed E-state index contributed by atoms with van der Waals surface area (Å²) in [5, 5.41) is 0. The molecule has 0 saturated heterocycles. The van der Waals surface area contributed by atoms with Crippen LogP contribution in [0.5, 0.6) is 0 Å². The van der Waals surface area contributed by atoms with Gasteiger partial charge in [-0.2, -0.15) is 0 Å². The fourth-order valence-electron chi connectivity index (χ4n) is 0.733. The van der Waals surface area contributed by atoms with Crippen molar-refractivity contribution in [2.24, 2.45) is 10.7 Å². The van der Waals surface area contributed by atoms with Gasteiger partial charge in [0.1, 0.15) is 7.85 Å². The molecule has 2 N–H and O–H groups in total. The van der Waals surface area contributed by atoms with Gasteiger partial charge in [-0.25, -0.2) is 0 Å². The Morgan fingerprint density at radius 1 is 1.33 bits per heavy atom. The van der Waals surface area contributed by atoms with Crippen LogP contribution in [0.15, 0.2) is 47.0 Å². The molecule has 0 aliphatic carbocycles. The molecule has 12 heavy (non-hydrogen) atoms. The maximum atomic E-state index is 5.28. The monoisotopic (exact) mass is 158 g/mol. The molecular weight excluding hydrogens is 147 g/mol. The third-order valence-electron chi connectivity index (χ3n) is 1.44. The fourth-order valence-corrected chi connectivity index (χ4v) is 0.733. The largest absolute Gasteiger partial charge is 0.405 e. The van der Waals surface area contributed by atoms with E-state index in [-0.39, 0.29) is 0 Å². The summed E-state index contributed by atoms with van der Waals surface area (Å²) >= 11 is 0. The maximum absolute atomic E-state index is 5.28. The van der Waals surface area contributed by atoms with Crippen LogP contribution in [0, 0.1) is 0 Å². The summed E-state index contributed by atoms with van der Waals surface area (Å²) in [6, 6.07) is 9.76. The molecule has 1 aromatic rings. The number of para-hydroxylation sites is 1. The third kappa shape index (κ3) is 2.62. The predicted molar refractivity (Wildman–Crippen MR) is 55.4 cm³/mol. The fraction of sp³-hybridized carbons (Fsp3) is 0. The molecule has 0 aromatic heterocycles. The molecule has 0 aliphatic rings. The maximum Gasteiger partial charge on any atom is 0.143 e. The van der Waals surface area contributed by atoms with Crippen LogP contribution < -0.4 is 5.73 Å². The summed E-state index contributed by atoms with van der Waals surface area (Å²) in [6.07, 6.45) is 3.28. The number of hydrogen-bond acceptors (Lipinski definition) is 2. The zero-order valence-corrected chi connectivity index (χ0v) is 7.07. The summed E-state index contributed by atoms with van der Waals surface area (Å²) in [7, 11) is 1.91. The van der Waals surface area contributed by atoms with E-state index in [1.165, 1.54) is 6.20 Å². The average molecular weight is 158 g/mol. The molecule has 0 aliphatic heterocycles. The minimum Gasteiger partial charge on any atom is -0.405 e. The third-order valence-corrected chi connectivity index (χ3v) is 1.44. The van der Waals surface area contributed by atoms with Gasteiger partial charge >= 0.3 is 0 Å². The van der Waals surface area contributed by atoms with Crippen LogP contribution in [0.4, 0.5) is 5.69 Å². The Balaban J connectivity index is 2.70. The summed E-state index contributed by atoms with van der Waals surface area (Å²) in [5.41, 5.74) is 7.18. The van der Waals surface area contributed by atoms with Crippen LogP contribution in [0.25, 0.3) is 0 Å². The van der Waals surface area contributed by atoms with Crippen LogP contribution in [-0.4, -0.2) is 14.1 Å². The van der Waals surface area contributed by atoms with Crippen LogP contribution in [0.2, 0.25) is 0 Å². The Morgan fingerprint density at radius 2 is 2.00 bits per heavy atom. The molecule has 60 valence electrons. The Bertz CT molecular complexity index is 291. The van der Waals surface area contributed by atoms with Crippen LogP contribution in [0.3, 0.4) is 0 Å².